The van der Waals surface area contributed by atoms with Crippen LogP contribution in [0.1, 0.15) is 27.7 Å². The van der Waals surface area contributed by atoms with Crippen LogP contribution in [-0.4, -0.2) is 35.4 Å². The Hall–Kier alpha value is -1.19. The van der Waals surface area contributed by atoms with Crippen molar-refractivity contribution in [2.45, 2.75) is 33.9 Å². The molecule has 4 nitrogen and oxygen atoms in total. The van der Waals surface area contributed by atoms with Gasteiger partial charge in [-0.2, -0.15) is 5.10 Å². The van der Waals surface area contributed by atoms with E-state index in [0.29, 0.717) is 5.71 Å². The summed E-state index contributed by atoms with van der Waals surface area (Å²) in [7, 11) is 0. The van der Waals surface area contributed by atoms with Crippen LogP contribution in [0.2, 0.25) is 0 Å². The second-order valence-electron chi connectivity index (χ2n) is 3.72. The van der Waals surface area contributed by atoms with Gasteiger partial charge in [-0.05, 0) is 27.7 Å². The highest BCUT2D eigenvalue weighted by Gasteiger charge is 2.30. The Labute approximate surface area is 85.2 Å². The number of hydrogen-bond acceptors (Lipinski definition) is 4. The van der Waals surface area contributed by atoms with Gasteiger partial charge in [-0.1, -0.05) is 0 Å². The Bertz CT molecular complexity index is 276. The second kappa shape index (κ2) is 4.35. The van der Waals surface area contributed by atoms with Gasteiger partial charge in [-0.15, -0.1) is 0 Å². The van der Waals surface area contributed by atoms with Crippen molar-refractivity contribution in [2.75, 3.05) is 6.54 Å². The van der Waals surface area contributed by atoms with Crippen LogP contribution in [0.4, 0.5) is 0 Å². The van der Waals surface area contributed by atoms with Gasteiger partial charge in [0.2, 0.25) is 0 Å². The zero-order valence-corrected chi connectivity index (χ0v) is 9.28. The van der Waals surface area contributed by atoms with Gasteiger partial charge < -0.3 is 5.41 Å². The minimum absolute atomic E-state index is 0.00231. The van der Waals surface area contributed by atoms with E-state index in [-0.39, 0.29) is 12.1 Å². The van der Waals surface area contributed by atoms with Crippen LogP contribution in [0.15, 0.2) is 10.1 Å². The maximum Gasteiger partial charge on any atom is 0.149 e. The molecule has 1 aliphatic heterocycles. The zero-order chi connectivity index (χ0) is 10.7. The lowest BCUT2D eigenvalue weighted by Gasteiger charge is -2.23. The van der Waals surface area contributed by atoms with E-state index in [9.17, 15) is 0 Å². The molecule has 0 aromatic carbocycles. The third-order valence-corrected chi connectivity index (χ3v) is 2.22. The van der Waals surface area contributed by atoms with E-state index in [1.54, 1.807) is 0 Å². The molecule has 0 aliphatic carbocycles. The molecule has 14 heavy (non-hydrogen) atoms. The van der Waals surface area contributed by atoms with Crippen LogP contribution in [0, 0.1) is 11.3 Å². The molecule has 0 amide bonds. The lowest BCUT2D eigenvalue weighted by molar-refractivity contribution is 0.236. The molecule has 4 heteroatoms. The van der Waals surface area contributed by atoms with E-state index in [0.717, 1.165) is 12.3 Å². The lowest BCUT2D eigenvalue weighted by atomic mass is 10.0. The van der Waals surface area contributed by atoms with E-state index in [2.05, 4.69) is 10.1 Å². The fraction of sp³-hybridized carbons (Fsp3) is 0.700. The van der Waals surface area contributed by atoms with Gasteiger partial charge in [0.25, 0.3) is 0 Å². The van der Waals surface area contributed by atoms with Gasteiger partial charge in [0.1, 0.15) is 6.17 Å². The molecule has 0 spiro atoms. The van der Waals surface area contributed by atoms with Crippen molar-refractivity contribution in [3.05, 3.63) is 0 Å². The third kappa shape index (κ3) is 2.19. The molecule has 1 heterocycles. The van der Waals surface area contributed by atoms with Gasteiger partial charge in [0.15, 0.2) is 0 Å². The molecule has 0 aromatic heterocycles. The second-order valence-corrected chi connectivity index (χ2v) is 3.72. The molecule has 0 bridgehead atoms. The quantitative estimate of drug-likeness (QED) is 0.684. The molecule has 2 atom stereocenters. The molecule has 1 rings (SSSR count). The van der Waals surface area contributed by atoms with E-state index < -0.39 is 0 Å². The Morgan fingerprint density at radius 1 is 1.50 bits per heavy atom. The number of nitrogens with zero attached hydrogens (tertiary/aromatic N) is 3. The third-order valence-electron chi connectivity index (χ3n) is 2.22. The Morgan fingerprint density at radius 2 is 2.14 bits per heavy atom. The van der Waals surface area contributed by atoms with Crippen LogP contribution in [0.25, 0.3) is 0 Å². The van der Waals surface area contributed by atoms with Gasteiger partial charge in [-0.25, -0.2) is 0 Å². The summed E-state index contributed by atoms with van der Waals surface area (Å²) < 4.78 is 0. The van der Waals surface area contributed by atoms with Crippen molar-refractivity contribution in [1.29, 1.82) is 5.41 Å². The average Bonchev–Trinajstić information content (AvgIpc) is 2.46. The fourth-order valence-corrected chi connectivity index (χ4v) is 1.50. The van der Waals surface area contributed by atoms with Crippen LogP contribution in [0.3, 0.4) is 0 Å². The van der Waals surface area contributed by atoms with Crippen molar-refractivity contribution in [3.8, 4) is 0 Å². The summed E-state index contributed by atoms with van der Waals surface area (Å²) in [5.41, 5.74) is 1.66. The van der Waals surface area contributed by atoms with Crippen molar-refractivity contribution >= 4 is 17.6 Å². The summed E-state index contributed by atoms with van der Waals surface area (Å²) in [6.45, 7) is 8.64. The first-order valence-electron chi connectivity index (χ1n) is 4.93. The molecular formula is C10H18N4. The van der Waals surface area contributed by atoms with E-state index >= 15 is 0 Å². The van der Waals surface area contributed by atoms with Crippen LogP contribution < -0.4 is 0 Å². The number of rotatable bonds is 3. The van der Waals surface area contributed by atoms with Crippen molar-refractivity contribution in [3.63, 3.8) is 0 Å². The number of nitrogens with one attached hydrogen (secondary N) is 1. The van der Waals surface area contributed by atoms with E-state index in [1.807, 2.05) is 38.9 Å². The van der Waals surface area contributed by atoms with Crippen LogP contribution in [-0.2, 0) is 0 Å². The van der Waals surface area contributed by atoms with Gasteiger partial charge in [0, 0.05) is 24.2 Å². The zero-order valence-electron chi connectivity index (χ0n) is 9.28. The average molecular weight is 194 g/mol. The predicted octanol–water partition coefficient (Wildman–Crippen LogP) is 1.77. The number of aliphatic imine (C=N–C) groups is 1. The first-order valence-corrected chi connectivity index (χ1v) is 4.93. The fourth-order valence-electron chi connectivity index (χ4n) is 1.50. The highest BCUT2D eigenvalue weighted by atomic mass is 15.5. The van der Waals surface area contributed by atoms with Crippen LogP contribution in [0.5, 0.6) is 0 Å². The van der Waals surface area contributed by atoms with Crippen molar-refractivity contribution in [2.24, 2.45) is 16.0 Å². The summed E-state index contributed by atoms with van der Waals surface area (Å²) in [5.74, 6) is 0.0462. The summed E-state index contributed by atoms with van der Waals surface area (Å²) in [6.07, 6.45) is 1.82. The standard InChI is InChI=1S/C10H18N4/c1-5-14-10(13-7(2)3)9(6-12-14)8(4)11/h6,9-11H,5H2,1-4H3. The minimum atomic E-state index is 0.00231. The molecule has 1 N–H and O–H groups in total. The van der Waals surface area contributed by atoms with Crippen molar-refractivity contribution < 1.29 is 0 Å². The van der Waals surface area contributed by atoms with Gasteiger partial charge >= 0.3 is 0 Å². The number of hydrazone groups is 1. The summed E-state index contributed by atoms with van der Waals surface area (Å²) in [4.78, 5) is 4.51. The molecule has 0 saturated carbocycles. The predicted molar refractivity (Wildman–Crippen MR) is 60.3 cm³/mol. The smallest absolute Gasteiger partial charge is 0.149 e. The normalized spacial score (nSPS) is 25.3. The summed E-state index contributed by atoms with van der Waals surface area (Å²) >= 11 is 0. The highest BCUT2D eigenvalue weighted by Crippen LogP contribution is 2.19. The van der Waals surface area contributed by atoms with Crippen LogP contribution >= 0.6 is 0 Å². The Morgan fingerprint density at radius 3 is 2.57 bits per heavy atom. The van der Waals surface area contributed by atoms with Gasteiger partial charge in [0.05, 0.1) is 5.92 Å². The molecule has 0 fully saturated rings. The highest BCUT2D eigenvalue weighted by molar-refractivity contribution is 5.97. The molecule has 0 aromatic rings. The molecule has 78 valence electrons. The maximum atomic E-state index is 7.64. The van der Waals surface area contributed by atoms with Gasteiger partial charge in [-0.3, -0.25) is 10.0 Å². The van der Waals surface area contributed by atoms with E-state index in [4.69, 9.17) is 5.41 Å². The van der Waals surface area contributed by atoms with E-state index in [1.165, 1.54) is 0 Å². The first kappa shape index (κ1) is 10.9. The molecular weight excluding hydrogens is 176 g/mol. The summed E-state index contributed by atoms with van der Waals surface area (Å²) in [6, 6.07) is 0. The summed E-state index contributed by atoms with van der Waals surface area (Å²) in [5, 5.41) is 13.8. The molecule has 0 radical (unpaired) electrons. The topological polar surface area (TPSA) is 51.8 Å². The van der Waals surface area contributed by atoms with Crippen molar-refractivity contribution in [1.82, 2.24) is 5.01 Å². The largest absolute Gasteiger partial charge is 0.309 e. The molecule has 2 unspecified atom stereocenters. The lowest BCUT2D eigenvalue weighted by Crippen LogP contribution is -2.34. The Balaban J connectivity index is 2.85. The number of hydrogen-bond donors (Lipinski definition) is 1. The SMILES string of the molecule is CCN1N=CC(C(C)=N)C1N=C(C)C. The molecule has 1 aliphatic rings. The maximum absolute atomic E-state index is 7.64. The minimum Gasteiger partial charge on any atom is -0.309 e. The monoisotopic (exact) mass is 194 g/mol. The Kier molecular flexibility index (Phi) is 3.38. The molecule has 0 saturated heterocycles. The first-order chi connectivity index (χ1) is 6.56.